The summed E-state index contributed by atoms with van der Waals surface area (Å²) in [6.07, 6.45) is 1.50. The molecule has 102 valence electrons. The number of piperazine rings is 1. The van der Waals surface area contributed by atoms with Crippen LogP contribution in [0.1, 0.15) is 13.8 Å². The molecule has 0 unspecified atom stereocenters. The van der Waals surface area contributed by atoms with Gasteiger partial charge in [-0.25, -0.2) is 4.39 Å². The summed E-state index contributed by atoms with van der Waals surface area (Å²) in [7, 11) is 0. The zero-order valence-corrected chi connectivity index (χ0v) is 11.7. The summed E-state index contributed by atoms with van der Waals surface area (Å²) >= 11 is 5.99. The van der Waals surface area contributed by atoms with Gasteiger partial charge in [0.05, 0.1) is 22.4 Å². The van der Waals surface area contributed by atoms with Crippen LogP contribution in [0.25, 0.3) is 11.0 Å². The topological polar surface area (TPSA) is 28.4 Å². The molecule has 1 fully saturated rings. The van der Waals surface area contributed by atoms with Crippen molar-refractivity contribution in [2.75, 3.05) is 18.0 Å². The highest BCUT2D eigenvalue weighted by molar-refractivity contribution is 6.32. The van der Waals surface area contributed by atoms with Gasteiger partial charge in [-0.15, -0.1) is 0 Å². The number of hydrogen-bond acceptors (Lipinski definition) is 3. The second-order valence-electron chi connectivity index (χ2n) is 5.17. The van der Waals surface area contributed by atoms with Gasteiger partial charge in [-0.1, -0.05) is 11.6 Å². The van der Waals surface area contributed by atoms with Gasteiger partial charge < -0.3 is 14.6 Å². The Morgan fingerprint density at radius 2 is 2.26 bits per heavy atom. The van der Waals surface area contributed by atoms with E-state index in [0.29, 0.717) is 23.1 Å². The lowest BCUT2D eigenvalue weighted by Gasteiger charge is -2.39. The highest BCUT2D eigenvalue weighted by Crippen LogP contribution is 2.35. The zero-order chi connectivity index (χ0) is 13.6. The maximum Gasteiger partial charge on any atom is 0.160 e. The average molecular weight is 283 g/mol. The number of furan rings is 1. The fraction of sp³-hybridized carbons (Fsp3) is 0.429. The lowest BCUT2D eigenvalue weighted by Crippen LogP contribution is -2.54. The van der Waals surface area contributed by atoms with Gasteiger partial charge in [0.1, 0.15) is 0 Å². The highest BCUT2D eigenvalue weighted by atomic mass is 35.5. The second-order valence-corrected chi connectivity index (χ2v) is 5.57. The minimum Gasteiger partial charge on any atom is -0.462 e. The number of nitrogens with one attached hydrogen (secondary N) is 1. The predicted octanol–water partition coefficient (Wildman–Crippen LogP) is 3.41. The van der Waals surface area contributed by atoms with Crippen LogP contribution in [-0.2, 0) is 0 Å². The SMILES string of the molecule is C[C@H]1CN(c2cc(Cl)c(F)c3ccoc23)[C@@H](C)CN1. The zero-order valence-electron chi connectivity index (χ0n) is 10.9. The maximum atomic E-state index is 13.9. The molecule has 2 atom stereocenters. The summed E-state index contributed by atoms with van der Waals surface area (Å²) in [4.78, 5) is 2.22. The van der Waals surface area contributed by atoms with Gasteiger partial charge in [0, 0.05) is 25.2 Å². The van der Waals surface area contributed by atoms with Crippen LogP contribution >= 0.6 is 11.6 Å². The summed E-state index contributed by atoms with van der Waals surface area (Å²) in [6, 6.07) is 3.98. The minimum absolute atomic E-state index is 0.141. The molecule has 1 saturated heterocycles. The van der Waals surface area contributed by atoms with Crippen molar-refractivity contribution < 1.29 is 8.81 Å². The molecule has 19 heavy (non-hydrogen) atoms. The van der Waals surface area contributed by atoms with E-state index in [4.69, 9.17) is 16.0 Å². The predicted molar refractivity (Wildman–Crippen MR) is 75.5 cm³/mol. The maximum absolute atomic E-state index is 13.9. The van der Waals surface area contributed by atoms with Gasteiger partial charge in [-0.3, -0.25) is 0 Å². The molecule has 0 radical (unpaired) electrons. The molecule has 0 spiro atoms. The van der Waals surface area contributed by atoms with Crippen LogP contribution in [0, 0.1) is 5.82 Å². The molecular formula is C14H16ClFN2O. The molecule has 0 amide bonds. The molecule has 2 heterocycles. The van der Waals surface area contributed by atoms with E-state index >= 15 is 0 Å². The summed E-state index contributed by atoms with van der Waals surface area (Å²) in [6.45, 7) is 5.99. The number of nitrogens with zero attached hydrogens (tertiary/aromatic N) is 1. The summed E-state index contributed by atoms with van der Waals surface area (Å²) in [5.74, 6) is -0.412. The number of anilines is 1. The third-order valence-electron chi connectivity index (χ3n) is 3.68. The number of halogens is 2. The molecule has 0 aliphatic carbocycles. The van der Waals surface area contributed by atoms with E-state index in [9.17, 15) is 4.39 Å². The first-order valence-corrected chi connectivity index (χ1v) is 6.81. The van der Waals surface area contributed by atoms with Crippen molar-refractivity contribution in [2.24, 2.45) is 0 Å². The fourth-order valence-electron chi connectivity index (χ4n) is 2.63. The van der Waals surface area contributed by atoms with E-state index in [1.165, 1.54) is 6.26 Å². The Morgan fingerprint density at radius 1 is 1.47 bits per heavy atom. The van der Waals surface area contributed by atoms with Crippen molar-refractivity contribution in [3.8, 4) is 0 Å². The molecule has 3 nitrogen and oxygen atoms in total. The van der Waals surface area contributed by atoms with E-state index in [1.54, 1.807) is 12.1 Å². The molecule has 1 aliphatic rings. The standard InChI is InChI=1S/C14H16ClFN2O/c1-8-7-18(9(2)6-17-8)12-5-11(15)13(16)10-3-4-19-14(10)12/h3-5,8-9,17H,6-7H2,1-2H3/t8-,9-/m0/s1. The Kier molecular flexibility index (Phi) is 3.15. The van der Waals surface area contributed by atoms with Crippen molar-refractivity contribution in [3.05, 3.63) is 29.2 Å². The van der Waals surface area contributed by atoms with Gasteiger partial charge in [0.2, 0.25) is 0 Å². The van der Waals surface area contributed by atoms with Crippen molar-refractivity contribution in [1.82, 2.24) is 5.32 Å². The van der Waals surface area contributed by atoms with Crippen LogP contribution in [-0.4, -0.2) is 25.2 Å². The highest BCUT2D eigenvalue weighted by Gasteiger charge is 2.26. The molecule has 3 rings (SSSR count). The van der Waals surface area contributed by atoms with Crippen molar-refractivity contribution in [2.45, 2.75) is 25.9 Å². The Hall–Kier alpha value is -1.26. The first-order valence-electron chi connectivity index (χ1n) is 6.43. The van der Waals surface area contributed by atoms with Crippen LogP contribution in [0.5, 0.6) is 0 Å². The first-order chi connectivity index (χ1) is 9.08. The van der Waals surface area contributed by atoms with Crippen LogP contribution in [0.3, 0.4) is 0 Å². The molecule has 0 bridgehead atoms. The smallest absolute Gasteiger partial charge is 0.160 e. The molecule has 1 aromatic carbocycles. The van der Waals surface area contributed by atoms with Crippen LogP contribution in [0.4, 0.5) is 10.1 Å². The molecule has 2 aromatic rings. The first kappa shape index (κ1) is 12.8. The van der Waals surface area contributed by atoms with E-state index in [0.717, 1.165) is 18.8 Å². The van der Waals surface area contributed by atoms with Crippen molar-refractivity contribution in [1.29, 1.82) is 0 Å². The lowest BCUT2D eigenvalue weighted by molar-refractivity contribution is 0.424. The van der Waals surface area contributed by atoms with Gasteiger partial charge in [0.25, 0.3) is 0 Å². The van der Waals surface area contributed by atoms with Crippen LogP contribution in [0.2, 0.25) is 5.02 Å². The molecule has 5 heteroatoms. The van der Waals surface area contributed by atoms with Gasteiger partial charge in [0.15, 0.2) is 11.4 Å². The van der Waals surface area contributed by atoms with E-state index in [2.05, 4.69) is 24.1 Å². The Morgan fingerprint density at radius 3 is 3.05 bits per heavy atom. The summed E-state index contributed by atoms with van der Waals surface area (Å²) in [5.41, 5.74) is 1.44. The lowest BCUT2D eigenvalue weighted by atomic mass is 10.1. The normalized spacial score (nSPS) is 24.1. The number of fused-ring (bicyclic) bond motifs is 1. The quantitative estimate of drug-likeness (QED) is 0.869. The monoisotopic (exact) mass is 282 g/mol. The number of benzene rings is 1. The molecule has 1 aliphatic heterocycles. The van der Waals surface area contributed by atoms with Crippen LogP contribution in [0.15, 0.2) is 22.8 Å². The summed E-state index contributed by atoms with van der Waals surface area (Å²) < 4.78 is 19.4. The molecule has 1 N–H and O–H groups in total. The molecular weight excluding hydrogens is 267 g/mol. The van der Waals surface area contributed by atoms with Crippen molar-refractivity contribution >= 4 is 28.3 Å². The molecule has 0 saturated carbocycles. The van der Waals surface area contributed by atoms with Gasteiger partial charge >= 0.3 is 0 Å². The average Bonchev–Trinajstić information content (AvgIpc) is 2.86. The van der Waals surface area contributed by atoms with Crippen LogP contribution < -0.4 is 10.2 Å². The molecule has 1 aromatic heterocycles. The van der Waals surface area contributed by atoms with Gasteiger partial charge in [-0.2, -0.15) is 0 Å². The Balaban J connectivity index is 2.14. The third kappa shape index (κ3) is 2.09. The fourth-order valence-corrected chi connectivity index (χ4v) is 2.83. The summed E-state index contributed by atoms with van der Waals surface area (Å²) in [5, 5.41) is 4.01. The van der Waals surface area contributed by atoms with Crippen molar-refractivity contribution in [3.63, 3.8) is 0 Å². The largest absolute Gasteiger partial charge is 0.462 e. The minimum atomic E-state index is -0.412. The Labute approximate surface area is 116 Å². The number of rotatable bonds is 1. The van der Waals surface area contributed by atoms with E-state index < -0.39 is 5.82 Å². The van der Waals surface area contributed by atoms with E-state index in [-0.39, 0.29) is 5.02 Å². The third-order valence-corrected chi connectivity index (χ3v) is 3.96. The van der Waals surface area contributed by atoms with Gasteiger partial charge in [-0.05, 0) is 26.0 Å². The Bertz CT molecular complexity index is 613. The number of hydrogen-bond donors (Lipinski definition) is 1. The second kappa shape index (κ2) is 4.69. The van der Waals surface area contributed by atoms with E-state index in [1.807, 2.05) is 0 Å².